The molecule has 0 aromatic rings. The number of carboxylic acid groups (broad SMARTS) is 1. The maximum atomic E-state index is 10.5. The first-order valence-electron chi connectivity index (χ1n) is 6.78. The third-order valence-corrected chi connectivity index (χ3v) is 3.00. The van der Waals surface area contributed by atoms with Crippen molar-refractivity contribution in [3.8, 4) is 0 Å². The fraction of sp³-hybridized carbons (Fsp3) is 0.533. The zero-order valence-electron chi connectivity index (χ0n) is 12.5. The molecule has 0 unspecified atom stereocenters. The highest BCUT2D eigenvalue weighted by atomic mass is 16.7. The standard InChI is InChI=1S/C10H16O2.C5H6N2O2/c1-8(10(11)12)7-9-5-3-2-4-6-9;1-4(2)5(8)9-7-3-6/h7,9H,2-6H2,1H3,(H,11,12);6H,1H2,2H3. The lowest BCUT2D eigenvalue weighted by atomic mass is 9.88. The third-order valence-electron chi connectivity index (χ3n) is 3.00. The Bertz CT molecular complexity index is 456. The quantitative estimate of drug-likeness (QED) is 0.359. The van der Waals surface area contributed by atoms with E-state index in [1.807, 2.05) is 6.08 Å². The first kappa shape index (κ1) is 18.8. The zero-order chi connectivity index (χ0) is 16.3. The molecule has 1 saturated carbocycles. The van der Waals surface area contributed by atoms with Crippen LogP contribution in [0.3, 0.4) is 0 Å². The number of hydrogen-bond donors (Lipinski definition) is 2. The molecule has 1 aliphatic carbocycles. The molecule has 21 heavy (non-hydrogen) atoms. The van der Waals surface area contributed by atoms with Crippen LogP contribution < -0.4 is 0 Å². The van der Waals surface area contributed by atoms with Gasteiger partial charge in [0.1, 0.15) is 6.01 Å². The number of nitrogens with zero attached hydrogens (tertiary/aromatic N) is 1. The molecule has 6 heteroatoms. The van der Waals surface area contributed by atoms with Gasteiger partial charge in [-0.1, -0.05) is 31.9 Å². The summed E-state index contributed by atoms with van der Waals surface area (Å²) in [6.07, 6.45) is 8.09. The molecule has 116 valence electrons. The van der Waals surface area contributed by atoms with Crippen molar-refractivity contribution >= 4 is 17.9 Å². The first-order valence-corrected chi connectivity index (χ1v) is 6.78. The van der Waals surface area contributed by atoms with Crippen molar-refractivity contribution in [2.45, 2.75) is 46.0 Å². The predicted molar refractivity (Wildman–Crippen MR) is 79.0 cm³/mol. The van der Waals surface area contributed by atoms with E-state index in [4.69, 9.17) is 10.5 Å². The van der Waals surface area contributed by atoms with Crippen molar-refractivity contribution in [3.63, 3.8) is 0 Å². The predicted octanol–water partition coefficient (Wildman–Crippen LogP) is 3.37. The zero-order valence-corrected chi connectivity index (χ0v) is 12.5. The highest BCUT2D eigenvalue weighted by Gasteiger charge is 2.12. The third kappa shape index (κ3) is 9.35. The van der Waals surface area contributed by atoms with Crippen molar-refractivity contribution < 1.29 is 19.5 Å². The van der Waals surface area contributed by atoms with E-state index in [9.17, 15) is 9.59 Å². The molecule has 0 bridgehead atoms. The molecule has 0 radical (unpaired) electrons. The second-order valence-electron chi connectivity index (χ2n) is 4.92. The smallest absolute Gasteiger partial charge is 0.361 e. The normalized spacial score (nSPS) is 15.0. The molecular weight excluding hydrogens is 272 g/mol. The number of aliphatic carboxylic acids is 1. The van der Waals surface area contributed by atoms with E-state index in [2.05, 4.69) is 16.6 Å². The number of carboxylic acids is 1. The minimum atomic E-state index is -0.777. The molecule has 1 rings (SSSR count). The van der Waals surface area contributed by atoms with E-state index in [0.717, 1.165) is 0 Å². The van der Waals surface area contributed by atoms with E-state index in [1.165, 1.54) is 39.0 Å². The van der Waals surface area contributed by atoms with Crippen LogP contribution >= 0.6 is 0 Å². The van der Waals surface area contributed by atoms with Gasteiger partial charge in [-0.3, -0.25) is 0 Å². The number of hydrogen-bond acceptors (Lipinski definition) is 5. The van der Waals surface area contributed by atoms with Crippen molar-refractivity contribution in [2.75, 3.05) is 0 Å². The molecule has 2 N–H and O–H groups in total. The number of allylic oxidation sites excluding steroid dienone is 1. The van der Waals surface area contributed by atoms with Gasteiger partial charge in [-0.25, -0.2) is 15.0 Å². The Morgan fingerprint density at radius 1 is 1.33 bits per heavy atom. The molecule has 0 spiro atoms. The molecular formula is C15H22N2O4. The average Bonchev–Trinajstić information content (AvgIpc) is 2.46. The summed E-state index contributed by atoms with van der Waals surface area (Å²) >= 11 is 0. The van der Waals surface area contributed by atoms with Gasteiger partial charge in [0, 0.05) is 11.1 Å². The van der Waals surface area contributed by atoms with Gasteiger partial charge in [0.25, 0.3) is 0 Å². The Balaban J connectivity index is 0.000000400. The van der Waals surface area contributed by atoms with Crippen LogP contribution in [0.4, 0.5) is 0 Å². The second kappa shape index (κ2) is 10.6. The Morgan fingerprint density at radius 2 is 1.90 bits per heavy atom. The molecule has 0 aromatic carbocycles. The van der Waals surface area contributed by atoms with Crippen LogP contribution in [0.5, 0.6) is 0 Å². The molecule has 0 atom stereocenters. The first-order chi connectivity index (χ1) is 9.88. The van der Waals surface area contributed by atoms with E-state index in [-0.39, 0.29) is 5.57 Å². The van der Waals surface area contributed by atoms with Crippen LogP contribution in [0.25, 0.3) is 0 Å². The summed E-state index contributed by atoms with van der Waals surface area (Å²) in [6.45, 7) is 6.45. The van der Waals surface area contributed by atoms with Gasteiger partial charge in [0.2, 0.25) is 0 Å². The molecule has 1 fully saturated rings. The van der Waals surface area contributed by atoms with Crippen LogP contribution in [0.2, 0.25) is 0 Å². The van der Waals surface area contributed by atoms with Gasteiger partial charge in [-0.2, -0.15) is 0 Å². The van der Waals surface area contributed by atoms with E-state index >= 15 is 0 Å². The number of nitrogens with one attached hydrogen (secondary N) is 1. The largest absolute Gasteiger partial charge is 0.478 e. The summed E-state index contributed by atoms with van der Waals surface area (Å²) in [7, 11) is 0. The summed E-state index contributed by atoms with van der Waals surface area (Å²) < 4.78 is 0. The average molecular weight is 294 g/mol. The van der Waals surface area contributed by atoms with E-state index < -0.39 is 11.9 Å². The Labute approximate surface area is 124 Å². The maximum Gasteiger partial charge on any atom is 0.361 e. The van der Waals surface area contributed by atoms with Crippen LogP contribution in [0.1, 0.15) is 46.0 Å². The van der Waals surface area contributed by atoms with Gasteiger partial charge < -0.3 is 9.94 Å². The summed E-state index contributed by atoms with van der Waals surface area (Å²) in [4.78, 5) is 24.9. The summed E-state index contributed by atoms with van der Waals surface area (Å²) in [5.41, 5.74) is 0.746. The van der Waals surface area contributed by atoms with Crippen LogP contribution in [0.15, 0.2) is 29.0 Å². The van der Waals surface area contributed by atoms with Gasteiger partial charge in [-0.15, -0.1) is 0 Å². The van der Waals surface area contributed by atoms with E-state index in [1.54, 1.807) is 12.9 Å². The SMILES string of the molecule is C=C(C)C(=O)ON=C=N.CC(=CC1CCCCC1)C(=O)O. The highest BCUT2D eigenvalue weighted by Crippen LogP contribution is 2.25. The van der Waals surface area contributed by atoms with Crippen LogP contribution in [-0.2, 0) is 14.4 Å². The monoisotopic (exact) mass is 294 g/mol. The molecule has 0 aromatic heterocycles. The minimum Gasteiger partial charge on any atom is -0.478 e. The molecule has 0 heterocycles. The van der Waals surface area contributed by atoms with Gasteiger partial charge in [-0.05, 0) is 37.8 Å². The second-order valence-corrected chi connectivity index (χ2v) is 4.92. The maximum absolute atomic E-state index is 10.5. The van der Waals surface area contributed by atoms with Crippen molar-refractivity contribution in [1.29, 1.82) is 5.41 Å². The fourth-order valence-corrected chi connectivity index (χ4v) is 1.87. The molecule has 1 aliphatic rings. The Hall–Kier alpha value is -2.20. The number of rotatable bonds is 4. The fourth-order valence-electron chi connectivity index (χ4n) is 1.87. The summed E-state index contributed by atoms with van der Waals surface area (Å²) in [5.74, 6) is -0.898. The lowest BCUT2D eigenvalue weighted by Crippen LogP contribution is -2.06. The molecule has 0 amide bonds. The lowest BCUT2D eigenvalue weighted by molar-refractivity contribution is -0.138. The van der Waals surface area contributed by atoms with Gasteiger partial charge in [0.15, 0.2) is 0 Å². The van der Waals surface area contributed by atoms with Crippen LogP contribution in [-0.4, -0.2) is 23.1 Å². The van der Waals surface area contributed by atoms with Crippen molar-refractivity contribution in [1.82, 2.24) is 0 Å². The van der Waals surface area contributed by atoms with Gasteiger partial charge in [0.05, 0.1) is 0 Å². The Morgan fingerprint density at radius 3 is 2.33 bits per heavy atom. The van der Waals surface area contributed by atoms with Crippen molar-refractivity contribution in [2.24, 2.45) is 11.1 Å². The highest BCUT2D eigenvalue weighted by molar-refractivity contribution is 5.87. The van der Waals surface area contributed by atoms with Crippen LogP contribution in [0, 0.1) is 11.3 Å². The molecule has 0 saturated heterocycles. The molecule has 6 nitrogen and oxygen atoms in total. The lowest BCUT2D eigenvalue weighted by Gasteiger charge is -2.18. The number of carbonyl (C=O) groups is 2. The van der Waals surface area contributed by atoms with Crippen molar-refractivity contribution in [3.05, 3.63) is 23.8 Å². The van der Waals surface area contributed by atoms with E-state index in [0.29, 0.717) is 11.5 Å². The summed E-state index contributed by atoms with van der Waals surface area (Å²) in [5, 5.41) is 17.7. The summed E-state index contributed by atoms with van der Waals surface area (Å²) in [6, 6.07) is 1.54. The topological polar surface area (TPSA) is 99.8 Å². The number of carbonyl (C=O) groups excluding carboxylic acids is 1. The molecule has 0 aliphatic heterocycles. The van der Waals surface area contributed by atoms with Gasteiger partial charge >= 0.3 is 11.9 Å². The minimum absolute atomic E-state index is 0.244. The Kier molecular flexibility index (Phi) is 9.46.